The summed E-state index contributed by atoms with van der Waals surface area (Å²) in [5.41, 5.74) is 5.56. The molecule has 38 heavy (non-hydrogen) atoms. The van der Waals surface area contributed by atoms with Crippen molar-refractivity contribution in [3.05, 3.63) is 29.3 Å². The Morgan fingerprint density at radius 3 is 2.37 bits per heavy atom. The van der Waals surface area contributed by atoms with Crippen molar-refractivity contribution in [2.24, 2.45) is 5.73 Å². The van der Waals surface area contributed by atoms with Gasteiger partial charge in [-0.3, -0.25) is 34.2 Å². The lowest BCUT2D eigenvalue weighted by atomic mass is 10.0. The summed E-state index contributed by atoms with van der Waals surface area (Å²) in [6.07, 6.45) is -1.20. The highest BCUT2D eigenvalue weighted by Gasteiger charge is 2.46. The summed E-state index contributed by atoms with van der Waals surface area (Å²) in [4.78, 5) is 71.0. The highest BCUT2D eigenvalue weighted by molar-refractivity contribution is 6.24. The van der Waals surface area contributed by atoms with Crippen molar-refractivity contribution in [1.82, 2.24) is 15.5 Å². The second kappa shape index (κ2) is 13.5. The number of alkyl halides is 3. The van der Waals surface area contributed by atoms with Crippen molar-refractivity contribution < 1.29 is 51.8 Å². The summed E-state index contributed by atoms with van der Waals surface area (Å²) in [6.45, 7) is 0.864. The van der Waals surface area contributed by atoms with Gasteiger partial charge in [0.15, 0.2) is 6.61 Å². The van der Waals surface area contributed by atoms with Gasteiger partial charge in [-0.25, -0.2) is 4.79 Å². The number of imide groups is 2. The monoisotopic (exact) mass is 544 g/mol. The molecule has 1 aromatic rings. The van der Waals surface area contributed by atoms with Crippen molar-refractivity contribution in [3.8, 4) is 5.75 Å². The molecule has 0 aliphatic carbocycles. The molecule has 3 rings (SSSR count). The van der Waals surface area contributed by atoms with Crippen LogP contribution in [0.1, 0.15) is 59.2 Å². The SMILES string of the molecule is NCCCCCCNC(=O)COc1cccc2c1C(=O)N(C1CCC(=O)NC1=O)C2=O.O=C(O)C(F)(F)F. The molecule has 0 saturated carbocycles. The molecule has 1 fully saturated rings. The summed E-state index contributed by atoms with van der Waals surface area (Å²) in [5.74, 6) is -5.41. The van der Waals surface area contributed by atoms with Gasteiger partial charge in [-0.05, 0) is 37.9 Å². The summed E-state index contributed by atoms with van der Waals surface area (Å²) < 4.78 is 37.3. The largest absolute Gasteiger partial charge is 0.490 e. The molecule has 208 valence electrons. The number of amides is 5. The first kappa shape index (κ1) is 30.2. The van der Waals surface area contributed by atoms with E-state index in [2.05, 4.69) is 10.6 Å². The maximum Gasteiger partial charge on any atom is 0.490 e. The van der Waals surface area contributed by atoms with Crippen LogP contribution in [-0.2, 0) is 19.2 Å². The Morgan fingerprint density at radius 1 is 1.11 bits per heavy atom. The summed E-state index contributed by atoms with van der Waals surface area (Å²) in [7, 11) is 0. The van der Waals surface area contributed by atoms with Gasteiger partial charge in [-0.15, -0.1) is 0 Å². The second-order valence-corrected chi connectivity index (χ2v) is 8.27. The van der Waals surface area contributed by atoms with Gasteiger partial charge >= 0.3 is 12.1 Å². The second-order valence-electron chi connectivity index (χ2n) is 8.27. The number of piperidine rings is 1. The van der Waals surface area contributed by atoms with Crippen LogP contribution in [0.15, 0.2) is 18.2 Å². The van der Waals surface area contributed by atoms with Crippen LogP contribution in [0.2, 0.25) is 0 Å². The number of ether oxygens (including phenoxy) is 1. The lowest BCUT2D eigenvalue weighted by Crippen LogP contribution is -2.54. The Kier molecular flexibility index (Phi) is 10.7. The number of unbranched alkanes of at least 4 members (excludes halogenated alkanes) is 3. The Bertz CT molecular complexity index is 1090. The van der Waals surface area contributed by atoms with E-state index < -0.39 is 41.8 Å². The van der Waals surface area contributed by atoms with E-state index >= 15 is 0 Å². The predicted octanol–water partition coefficient (Wildman–Crippen LogP) is 0.735. The minimum absolute atomic E-state index is 0.0202. The van der Waals surface area contributed by atoms with Crippen LogP contribution in [0.3, 0.4) is 0 Å². The highest BCUT2D eigenvalue weighted by Crippen LogP contribution is 2.33. The van der Waals surface area contributed by atoms with Gasteiger partial charge in [0, 0.05) is 13.0 Å². The fourth-order valence-corrected chi connectivity index (χ4v) is 3.65. The van der Waals surface area contributed by atoms with Crippen LogP contribution < -0.4 is 21.1 Å². The van der Waals surface area contributed by atoms with E-state index in [4.69, 9.17) is 20.4 Å². The van der Waals surface area contributed by atoms with Gasteiger partial charge in [-0.1, -0.05) is 18.9 Å². The number of hydrogen-bond donors (Lipinski definition) is 4. The molecule has 2 aliphatic rings. The molecule has 1 aromatic carbocycles. The summed E-state index contributed by atoms with van der Waals surface area (Å²) in [6, 6.07) is 3.46. The molecule has 1 atom stereocenters. The number of nitrogens with zero attached hydrogens (tertiary/aromatic N) is 1. The molecule has 5 N–H and O–H groups in total. The maximum absolute atomic E-state index is 12.9. The van der Waals surface area contributed by atoms with Crippen molar-refractivity contribution in [2.45, 2.75) is 50.7 Å². The molecule has 2 heterocycles. The van der Waals surface area contributed by atoms with E-state index in [1.807, 2.05) is 0 Å². The number of rotatable bonds is 10. The number of hydrogen-bond acceptors (Lipinski definition) is 8. The van der Waals surface area contributed by atoms with E-state index in [0.717, 1.165) is 30.6 Å². The normalized spacial score (nSPS) is 16.8. The number of nitrogens with two attached hydrogens (primary N) is 1. The van der Waals surface area contributed by atoms with E-state index in [0.29, 0.717) is 13.1 Å². The van der Waals surface area contributed by atoms with Gasteiger partial charge in [0.2, 0.25) is 11.8 Å². The molecular weight excluding hydrogens is 517 g/mol. The van der Waals surface area contributed by atoms with Crippen LogP contribution in [0, 0.1) is 0 Å². The van der Waals surface area contributed by atoms with Gasteiger partial charge in [0.05, 0.1) is 11.1 Å². The molecule has 15 heteroatoms. The maximum atomic E-state index is 12.9. The third-order valence-corrected chi connectivity index (χ3v) is 5.48. The molecule has 0 bridgehead atoms. The number of fused-ring (bicyclic) bond motifs is 1. The smallest absolute Gasteiger partial charge is 0.483 e. The quantitative estimate of drug-likeness (QED) is 0.243. The molecular formula is C23H27F3N4O8. The molecule has 0 spiro atoms. The van der Waals surface area contributed by atoms with Crippen LogP contribution in [0.5, 0.6) is 5.75 Å². The van der Waals surface area contributed by atoms with Crippen molar-refractivity contribution in [2.75, 3.05) is 19.7 Å². The van der Waals surface area contributed by atoms with E-state index in [1.54, 1.807) is 6.07 Å². The minimum atomic E-state index is -5.08. The Labute approximate surface area is 214 Å². The third-order valence-electron chi connectivity index (χ3n) is 5.48. The van der Waals surface area contributed by atoms with E-state index in [9.17, 15) is 37.1 Å². The van der Waals surface area contributed by atoms with Gasteiger partial charge < -0.3 is 20.9 Å². The molecule has 12 nitrogen and oxygen atoms in total. The predicted molar refractivity (Wildman–Crippen MR) is 123 cm³/mol. The third kappa shape index (κ3) is 7.99. The summed E-state index contributed by atoms with van der Waals surface area (Å²) in [5, 5.41) is 12.0. The van der Waals surface area contributed by atoms with Crippen molar-refractivity contribution in [1.29, 1.82) is 0 Å². The fraction of sp³-hybridized carbons (Fsp3) is 0.478. The molecule has 1 saturated heterocycles. The first-order valence-electron chi connectivity index (χ1n) is 11.6. The van der Waals surface area contributed by atoms with Gasteiger partial charge in [-0.2, -0.15) is 13.2 Å². The van der Waals surface area contributed by atoms with Crippen LogP contribution in [-0.4, -0.2) is 77.4 Å². The zero-order chi connectivity index (χ0) is 28.5. The Balaban J connectivity index is 0.000000638. The van der Waals surface area contributed by atoms with Gasteiger partial charge in [0.1, 0.15) is 11.8 Å². The molecule has 5 amide bonds. The standard InChI is InChI=1S/C21H26N4O6.C2HF3O2/c22-10-3-1-2-4-11-23-17(27)12-31-15-7-5-6-13-18(15)21(30)25(20(13)29)14-8-9-16(26)24-19(14)28;3-2(4,5)1(6)7/h5-7,14H,1-4,8-12,22H2,(H,23,27)(H,24,26,28);(H,6,7). The van der Waals surface area contributed by atoms with Crippen LogP contribution >= 0.6 is 0 Å². The Hall–Kier alpha value is -4.01. The Morgan fingerprint density at radius 2 is 1.76 bits per heavy atom. The van der Waals surface area contributed by atoms with Crippen molar-refractivity contribution >= 4 is 35.5 Å². The number of benzene rings is 1. The number of carboxylic acids is 1. The zero-order valence-corrected chi connectivity index (χ0v) is 20.1. The first-order valence-corrected chi connectivity index (χ1v) is 11.6. The van der Waals surface area contributed by atoms with Crippen LogP contribution in [0.4, 0.5) is 13.2 Å². The average Bonchev–Trinajstić information content (AvgIpc) is 3.10. The molecule has 1 unspecified atom stereocenters. The average molecular weight is 544 g/mol. The number of carboxylic acid groups (broad SMARTS) is 1. The van der Waals surface area contributed by atoms with Gasteiger partial charge in [0.25, 0.3) is 17.7 Å². The lowest BCUT2D eigenvalue weighted by Gasteiger charge is -2.27. The number of nitrogens with one attached hydrogen (secondary N) is 2. The number of carbonyl (C=O) groups is 6. The van der Waals surface area contributed by atoms with Crippen molar-refractivity contribution in [3.63, 3.8) is 0 Å². The lowest BCUT2D eigenvalue weighted by molar-refractivity contribution is -0.192. The number of carbonyl (C=O) groups excluding carboxylic acids is 5. The molecule has 0 radical (unpaired) electrons. The summed E-state index contributed by atoms with van der Waals surface area (Å²) >= 11 is 0. The minimum Gasteiger partial charge on any atom is -0.483 e. The zero-order valence-electron chi connectivity index (χ0n) is 20.1. The molecule has 2 aliphatic heterocycles. The number of aliphatic carboxylic acids is 1. The topological polar surface area (TPSA) is 185 Å². The van der Waals surface area contributed by atoms with E-state index in [-0.39, 0.29) is 42.2 Å². The van der Waals surface area contributed by atoms with E-state index in [1.165, 1.54) is 12.1 Å². The molecule has 0 aromatic heterocycles. The highest BCUT2D eigenvalue weighted by atomic mass is 19.4. The van der Waals surface area contributed by atoms with Crippen LogP contribution in [0.25, 0.3) is 0 Å². The fourth-order valence-electron chi connectivity index (χ4n) is 3.65. The number of halogens is 3. The first-order chi connectivity index (χ1) is 17.9.